The van der Waals surface area contributed by atoms with Gasteiger partial charge in [0.1, 0.15) is 0 Å². The molecular formula is C20H21ClN4O3S. The van der Waals surface area contributed by atoms with Crippen molar-refractivity contribution in [2.75, 3.05) is 5.32 Å². The third-order valence-corrected chi connectivity index (χ3v) is 6.32. The molecule has 0 bridgehead atoms. The Kier molecular flexibility index (Phi) is 5.33. The first-order chi connectivity index (χ1) is 13.8. The lowest BCUT2D eigenvalue weighted by Crippen LogP contribution is -2.16. The third-order valence-electron chi connectivity index (χ3n) is 5.00. The molecule has 152 valence electrons. The number of anilines is 1. The van der Waals surface area contributed by atoms with Crippen LogP contribution in [0.1, 0.15) is 24.8 Å². The molecule has 0 unspecified atom stereocenters. The van der Waals surface area contributed by atoms with Gasteiger partial charge in [0.15, 0.2) is 0 Å². The van der Waals surface area contributed by atoms with Crippen LogP contribution < -0.4 is 10.5 Å². The van der Waals surface area contributed by atoms with E-state index in [1.165, 1.54) is 18.9 Å². The number of benzene rings is 2. The Balaban J connectivity index is 1.61. The topological polar surface area (TPSA) is 107 Å². The van der Waals surface area contributed by atoms with Crippen molar-refractivity contribution < 1.29 is 13.2 Å². The van der Waals surface area contributed by atoms with Crippen LogP contribution in [0.25, 0.3) is 10.9 Å². The van der Waals surface area contributed by atoms with Gasteiger partial charge in [0.2, 0.25) is 15.9 Å². The minimum Gasteiger partial charge on any atom is -0.326 e. The van der Waals surface area contributed by atoms with Gasteiger partial charge >= 0.3 is 0 Å². The lowest BCUT2D eigenvalue weighted by molar-refractivity contribution is -0.115. The van der Waals surface area contributed by atoms with E-state index in [2.05, 4.69) is 10.4 Å². The highest BCUT2D eigenvalue weighted by Crippen LogP contribution is 2.33. The molecule has 7 nitrogen and oxygen atoms in total. The number of nitrogens with zero attached hydrogens (tertiary/aromatic N) is 2. The largest absolute Gasteiger partial charge is 0.326 e. The maximum absolute atomic E-state index is 12.4. The average Bonchev–Trinajstić information content (AvgIpc) is 3.39. The van der Waals surface area contributed by atoms with E-state index in [9.17, 15) is 13.2 Å². The Morgan fingerprint density at radius 2 is 2.03 bits per heavy atom. The molecule has 1 amide bonds. The molecule has 9 heteroatoms. The van der Waals surface area contributed by atoms with Crippen LogP contribution in [0.5, 0.6) is 0 Å². The van der Waals surface area contributed by atoms with Crippen LogP contribution in [0.2, 0.25) is 5.02 Å². The molecular weight excluding hydrogens is 412 g/mol. The zero-order valence-corrected chi connectivity index (χ0v) is 17.2. The normalized spacial score (nSPS) is 14.3. The van der Waals surface area contributed by atoms with Gasteiger partial charge in [-0.25, -0.2) is 13.6 Å². The summed E-state index contributed by atoms with van der Waals surface area (Å²) in [6.07, 6.45) is 5.26. The van der Waals surface area contributed by atoms with Crippen LogP contribution in [-0.2, 0) is 27.8 Å². The number of carbonyl (C=O) groups is 1. The van der Waals surface area contributed by atoms with Crippen molar-refractivity contribution in [1.29, 1.82) is 0 Å². The van der Waals surface area contributed by atoms with E-state index in [0.29, 0.717) is 27.2 Å². The van der Waals surface area contributed by atoms with Crippen molar-refractivity contribution in [2.45, 2.75) is 37.1 Å². The Bertz CT molecular complexity index is 1190. The number of primary sulfonamides is 1. The van der Waals surface area contributed by atoms with E-state index < -0.39 is 10.0 Å². The smallest absolute Gasteiger partial charge is 0.238 e. The lowest BCUT2D eigenvalue weighted by atomic mass is 10.1. The first-order valence-corrected chi connectivity index (χ1v) is 11.3. The first-order valence-electron chi connectivity index (χ1n) is 9.37. The fraction of sp³-hybridized carbons (Fsp3) is 0.300. The molecule has 0 saturated heterocycles. The molecule has 1 fully saturated rings. The highest BCUT2D eigenvalue weighted by Gasteiger charge is 2.22. The standard InChI is InChI=1S/C20H21ClN4O3S/c21-17-4-2-1-3-14(17)9-20(26)23-15-10-18-16(19(11-15)29(22,27)28)12-25(24-18)8-7-13-5-6-13/h1-4,10-13H,5-9H2,(H,23,26)(H2,22,27,28). The van der Waals surface area contributed by atoms with E-state index >= 15 is 0 Å². The summed E-state index contributed by atoms with van der Waals surface area (Å²) < 4.78 is 26.0. The molecule has 3 N–H and O–H groups in total. The van der Waals surface area contributed by atoms with Crippen molar-refractivity contribution in [3.63, 3.8) is 0 Å². The monoisotopic (exact) mass is 432 g/mol. The molecule has 1 aliphatic rings. The molecule has 4 rings (SSSR count). The summed E-state index contributed by atoms with van der Waals surface area (Å²) in [6.45, 7) is 0.720. The predicted octanol–water partition coefficient (Wildman–Crippen LogP) is 3.32. The number of halogens is 1. The number of hydrogen-bond acceptors (Lipinski definition) is 4. The molecule has 1 aliphatic carbocycles. The van der Waals surface area contributed by atoms with Gasteiger partial charge in [-0.2, -0.15) is 5.10 Å². The quantitative estimate of drug-likeness (QED) is 0.597. The summed E-state index contributed by atoms with van der Waals surface area (Å²) in [5, 5.41) is 13.6. The molecule has 2 aromatic carbocycles. The molecule has 1 saturated carbocycles. The van der Waals surface area contributed by atoms with E-state index in [4.69, 9.17) is 16.7 Å². The van der Waals surface area contributed by atoms with E-state index in [-0.39, 0.29) is 17.2 Å². The summed E-state index contributed by atoms with van der Waals surface area (Å²) in [6, 6.07) is 10.1. The summed E-state index contributed by atoms with van der Waals surface area (Å²) >= 11 is 6.10. The van der Waals surface area contributed by atoms with Crippen LogP contribution in [0.4, 0.5) is 5.69 Å². The number of rotatable bonds is 7. The molecule has 0 atom stereocenters. The summed E-state index contributed by atoms with van der Waals surface area (Å²) in [5.74, 6) is 0.422. The van der Waals surface area contributed by atoms with E-state index in [0.717, 1.165) is 18.9 Å². The number of sulfonamides is 1. The Labute approximate surface area is 173 Å². The Hall–Kier alpha value is -2.42. The highest BCUT2D eigenvalue weighted by molar-refractivity contribution is 7.89. The average molecular weight is 433 g/mol. The van der Waals surface area contributed by atoms with Crippen molar-refractivity contribution in [2.24, 2.45) is 11.1 Å². The van der Waals surface area contributed by atoms with Crippen LogP contribution >= 0.6 is 11.6 Å². The number of aromatic nitrogens is 2. The number of nitrogens with one attached hydrogen (secondary N) is 1. The second-order valence-corrected chi connectivity index (χ2v) is 9.33. The van der Waals surface area contributed by atoms with Gasteiger partial charge in [-0.3, -0.25) is 9.48 Å². The van der Waals surface area contributed by atoms with Gasteiger partial charge in [-0.05, 0) is 36.1 Å². The molecule has 1 heterocycles. The lowest BCUT2D eigenvalue weighted by Gasteiger charge is -2.08. The van der Waals surface area contributed by atoms with Gasteiger partial charge in [-0.1, -0.05) is 42.6 Å². The van der Waals surface area contributed by atoms with Gasteiger partial charge < -0.3 is 5.32 Å². The van der Waals surface area contributed by atoms with Gasteiger partial charge in [0.25, 0.3) is 0 Å². The van der Waals surface area contributed by atoms with E-state index in [1.54, 1.807) is 41.2 Å². The van der Waals surface area contributed by atoms with Crippen LogP contribution in [0.15, 0.2) is 47.5 Å². The van der Waals surface area contributed by atoms with Crippen molar-refractivity contribution in [1.82, 2.24) is 9.78 Å². The second kappa shape index (κ2) is 7.78. The number of fused-ring (bicyclic) bond motifs is 1. The van der Waals surface area contributed by atoms with E-state index in [1.807, 2.05) is 0 Å². The molecule has 0 aliphatic heterocycles. The van der Waals surface area contributed by atoms with Crippen LogP contribution in [0, 0.1) is 5.92 Å². The number of amides is 1. The van der Waals surface area contributed by atoms with Gasteiger partial charge in [0.05, 0.1) is 16.8 Å². The summed E-state index contributed by atoms with van der Waals surface area (Å²) in [7, 11) is -3.98. The third kappa shape index (κ3) is 4.77. The maximum atomic E-state index is 12.4. The predicted molar refractivity (Wildman–Crippen MR) is 112 cm³/mol. The second-order valence-electron chi connectivity index (χ2n) is 7.39. The fourth-order valence-electron chi connectivity index (χ4n) is 3.30. The first kappa shape index (κ1) is 19.9. The van der Waals surface area contributed by atoms with Crippen molar-refractivity contribution in [3.05, 3.63) is 53.2 Å². The fourth-order valence-corrected chi connectivity index (χ4v) is 4.26. The molecule has 3 aromatic rings. The SMILES string of the molecule is NS(=O)(=O)c1cc(NC(=O)Cc2ccccc2Cl)cc2nn(CCC3CC3)cc12. The molecule has 0 spiro atoms. The van der Waals surface area contributed by atoms with Crippen LogP contribution in [0.3, 0.4) is 0 Å². The van der Waals surface area contributed by atoms with Crippen LogP contribution in [-0.4, -0.2) is 24.1 Å². The summed E-state index contributed by atoms with van der Waals surface area (Å²) in [5.41, 5.74) is 1.48. The number of carbonyl (C=O) groups excluding carboxylic acids is 1. The van der Waals surface area contributed by atoms with Crippen molar-refractivity contribution in [3.8, 4) is 0 Å². The minimum absolute atomic E-state index is 0.0549. The zero-order valence-electron chi connectivity index (χ0n) is 15.6. The molecule has 0 radical (unpaired) electrons. The number of nitrogens with two attached hydrogens (primary N) is 1. The Morgan fingerprint density at radius 1 is 1.28 bits per heavy atom. The molecule has 1 aromatic heterocycles. The number of hydrogen-bond donors (Lipinski definition) is 2. The highest BCUT2D eigenvalue weighted by atomic mass is 35.5. The summed E-state index contributed by atoms with van der Waals surface area (Å²) in [4.78, 5) is 12.4. The Morgan fingerprint density at radius 3 is 2.72 bits per heavy atom. The molecule has 29 heavy (non-hydrogen) atoms. The maximum Gasteiger partial charge on any atom is 0.238 e. The zero-order chi connectivity index (χ0) is 20.6. The van der Waals surface area contributed by atoms with Gasteiger partial charge in [-0.15, -0.1) is 0 Å². The van der Waals surface area contributed by atoms with Crippen molar-refractivity contribution >= 4 is 44.1 Å². The van der Waals surface area contributed by atoms with Gasteiger partial charge in [0, 0.05) is 28.8 Å². The number of aryl methyl sites for hydroxylation is 1. The minimum atomic E-state index is -3.98.